The van der Waals surface area contributed by atoms with E-state index in [1.165, 1.54) is 6.26 Å². The van der Waals surface area contributed by atoms with Crippen molar-refractivity contribution in [3.05, 3.63) is 42.2 Å². The van der Waals surface area contributed by atoms with E-state index in [4.69, 9.17) is 14.2 Å². The minimum absolute atomic E-state index is 0.103. The van der Waals surface area contributed by atoms with Gasteiger partial charge in [0, 0.05) is 24.7 Å². The van der Waals surface area contributed by atoms with E-state index < -0.39 is 0 Å². The molecule has 0 saturated carbocycles. The molecular formula is C15H18O4S. The molecule has 5 heteroatoms. The van der Waals surface area contributed by atoms with Crippen LogP contribution in [0.4, 0.5) is 0 Å². The van der Waals surface area contributed by atoms with Crippen LogP contribution in [0.3, 0.4) is 0 Å². The van der Waals surface area contributed by atoms with E-state index in [0.29, 0.717) is 12.2 Å². The molecular weight excluding hydrogens is 276 g/mol. The summed E-state index contributed by atoms with van der Waals surface area (Å²) in [6.07, 6.45) is 1.91. The van der Waals surface area contributed by atoms with Crippen LogP contribution in [0, 0.1) is 0 Å². The average molecular weight is 294 g/mol. The number of hydrogen-bond acceptors (Lipinski definition) is 5. The van der Waals surface area contributed by atoms with Crippen LogP contribution in [0.5, 0.6) is 0 Å². The SMILES string of the molecule is COC[C@H]1OC=C(C=O)[C@H](Sc2ccccc2)[C@H]1OC. The van der Waals surface area contributed by atoms with Crippen molar-refractivity contribution in [1.29, 1.82) is 0 Å². The first-order valence-corrected chi connectivity index (χ1v) is 7.22. The largest absolute Gasteiger partial charge is 0.492 e. The van der Waals surface area contributed by atoms with Gasteiger partial charge in [0.25, 0.3) is 0 Å². The lowest BCUT2D eigenvalue weighted by molar-refractivity contribution is -0.107. The summed E-state index contributed by atoms with van der Waals surface area (Å²) in [5.74, 6) is 0. The van der Waals surface area contributed by atoms with Crippen molar-refractivity contribution in [2.45, 2.75) is 22.4 Å². The first-order chi connectivity index (χ1) is 9.80. The summed E-state index contributed by atoms with van der Waals surface area (Å²) in [4.78, 5) is 12.3. The molecule has 0 aromatic heterocycles. The van der Waals surface area contributed by atoms with Gasteiger partial charge in [-0.3, -0.25) is 4.79 Å². The van der Waals surface area contributed by atoms with Gasteiger partial charge in [-0.2, -0.15) is 0 Å². The number of rotatable bonds is 6. The summed E-state index contributed by atoms with van der Waals surface area (Å²) >= 11 is 1.60. The molecule has 0 aliphatic carbocycles. The Balaban J connectivity index is 2.22. The molecule has 1 aromatic carbocycles. The molecule has 0 amide bonds. The fourth-order valence-electron chi connectivity index (χ4n) is 2.14. The molecule has 1 aliphatic rings. The number of thioether (sulfide) groups is 1. The predicted molar refractivity (Wildman–Crippen MR) is 77.8 cm³/mol. The lowest BCUT2D eigenvalue weighted by Gasteiger charge is -2.35. The number of hydrogen-bond donors (Lipinski definition) is 0. The van der Waals surface area contributed by atoms with Gasteiger partial charge in [-0.05, 0) is 12.1 Å². The van der Waals surface area contributed by atoms with Crippen LogP contribution >= 0.6 is 11.8 Å². The zero-order chi connectivity index (χ0) is 14.4. The van der Waals surface area contributed by atoms with Gasteiger partial charge < -0.3 is 14.2 Å². The highest BCUT2D eigenvalue weighted by Gasteiger charge is 2.37. The molecule has 0 fully saturated rings. The van der Waals surface area contributed by atoms with Crippen molar-refractivity contribution >= 4 is 18.0 Å². The highest BCUT2D eigenvalue weighted by molar-refractivity contribution is 8.00. The molecule has 0 unspecified atom stereocenters. The van der Waals surface area contributed by atoms with Gasteiger partial charge in [0.2, 0.25) is 0 Å². The second kappa shape index (κ2) is 7.47. The third-order valence-electron chi connectivity index (χ3n) is 3.12. The first-order valence-electron chi connectivity index (χ1n) is 6.34. The van der Waals surface area contributed by atoms with Crippen LogP contribution in [-0.4, -0.2) is 44.6 Å². The minimum atomic E-state index is -0.231. The fraction of sp³-hybridized carbons (Fsp3) is 0.400. The highest BCUT2D eigenvalue weighted by Crippen LogP contribution is 2.35. The molecule has 1 heterocycles. The molecule has 0 radical (unpaired) electrons. The van der Waals surface area contributed by atoms with Gasteiger partial charge in [-0.1, -0.05) is 18.2 Å². The Morgan fingerprint density at radius 2 is 2.05 bits per heavy atom. The summed E-state index contributed by atoms with van der Waals surface area (Å²) in [6, 6.07) is 9.94. The molecule has 4 nitrogen and oxygen atoms in total. The average Bonchev–Trinajstić information content (AvgIpc) is 2.49. The standard InChI is InChI=1S/C15H18O4S/c1-17-10-13-14(18-2)15(11(8-16)9-19-13)20-12-6-4-3-5-7-12/h3-9,13-15H,10H2,1-2H3/t13-,14+,15+/m1/s1. The third-order valence-corrected chi connectivity index (χ3v) is 4.46. The maximum absolute atomic E-state index is 11.2. The quantitative estimate of drug-likeness (QED) is 0.753. The molecule has 0 saturated heterocycles. The first kappa shape index (κ1) is 15.1. The second-order valence-corrected chi connectivity index (χ2v) is 5.63. The van der Waals surface area contributed by atoms with E-state index in [1.54, 1.807) is 26.0 Å². The Bertz CT molecular complexity index is 460. The van der Waals surface area contributed by atoms with Gasteiger partial charge in [0.05, 0.1) is 18.1 Å². The third kappa shape index (κ3) is 3.42. The second-order valence-electron chi connectivity index (χ2n) is 4.42. The molecule has 1 aliphatic heterocycles. The maximum atomic E-state index is 11.2. The summed E-state index contributed by atoms with van der Waals surface area (Å²) in [6.45, 7) is 0.424. The van der Waals surface area contributed by atoms with E-state index in [9.17, 15) is 4.79 Å². The van der Waals surface area contributed by atoms with Crippen molar-refractivity contribution in [2.75, 3.05) is 20.8 Å². The van der Waals surface area contributed by atoms with E-state index in [2.05, 4.69) is 0 Å². The van der Waals surface area contributed by atoms with Crippen LogP contribution < -0.4 is 0 Å². The lowest BCUT2D eigenvalue weighted by atomic mass is 10.0. The van der Waals surface area contributed by atoms with E-state index in [0.717, 1.165) is 11.2 Å². The minimum Gasteiger partial charge on any atom is -0.492 e. The fourth-order valence-corrected chi connectivity index (χ4v) is 3.42. The molecule has 0 bridgehead atoms. The number of methoxy groups -OCH3 is 2. The molecule has 0 N–H and O–H groups in total. The van der Waals surface area contributed by atoms with Gasteiger partial charge in [0.1, 0.15) is 18.5 Å². The Hall–Kier alpha value is -1.30. The van der Waals surface area contributed by atoms with Gasteiger partial charge in [-0.15, -0.1) is 11.8 Å². The Morgan fingerprint density at radius 3 is 2.65 bits per heavy atom. The Kier molecular flexibility index (Phi) is 5.64. The Morgan fingerprint density at radius 1 is 1.30 bits per heavy atom. The zero-order valence-corrected chi connectivity index (χ0v) is 12.3. The van der Waals surface area contributed by atoms with Crippen LogP contribution in [0.1, 0.15) is 0 Å². The van der Waals surface area contributed by atoms with Crippen molar-refractivity contribution < 1.29 is 19.0 Å². The molecule has 0 spiro atoms. The summed E-state index contributed by atoms with van der Waals surface area (Å²) < 4.78 is 16.2. The van der Waals surface area contributed by atoms with Crippen molar-refractivity contribution in [2.24, 2.45) is 0 Å². The topological polar surface area (TPSA) is 44.8 Å². The summed E-state index contributed by atoms with van der Waals surface area (Å²) in [7, 11) is 3.25. The summed E-state index contributed by atoms with van der Waals surface area (Å²) in [5, 5.41) is -0.103. The van der Waals surface area contributed by atoms with E-state index in [1.807, 2.05) is 30.3 Å². The number of ether oxygens (including phenoxy) is 3. The van der Waals surface area contributed by atoms with Crippen LogP contribution in [-0.2, 0) is 19.0 Å². The van der Waals surface area contributed by atoms with Gasteiger partial charge in [-0.25, -0.2) is 0 Å². The highest BCUT2D eigenvalue weighted by atomic mass is 32.2. The van der Waals surface area contributed by atoms with Gasteiger partial charge >= 0.3 is 0 Å². The van der Waals surface area contributed by atoms with Gasteiger partial charge in [0.15, 0.2) is 0 Å². The van der Waals surface area contributed by atoms with Crippen LogP contribution in [0.2, 0.25) is 0 Å². The number of carbonyl (C=O) groups excluding carboxylic acids is 1. The number of aldehydes is 1. The van der Waals surface area contributed by atoms with E-state index in [-0.39, 0.29) is 17.5 Å². The van der Waals surface area contributed by atoms with Crippen molar-refractivity contribution in [1.82, 2.24) is 0 Å². The van der Waals surface area contributed by atoms with E-state index >= 15 is 0 Å². The lowest BCUT2D eigenvalue weighted by Crippen LogP contribution is -2.45. The maximum Gasteiger partial charge on any atom is 0.150 e. The molecule has 1 aromatic rings. The van der Waals surface area contributed by atoms with Crippen molar-refractivity contribution in [3.8, 4) is 0 Å². The van der Waals surface area contributed by atoms with Crippen LogP contribution in [0.15, 0.2) is 47.1 Å². The predicted octanol–water partition coefficient (Wildman–Crippen LogP) is 2.29. The number of benzene rings is 1. The molecule has 3 atom stereocenters. The molecule has 20 heavy (non-hydrogen) atoms. The zero-order valence-electron chi connectivity index (χ0n) is 11.5. The van der Waals surface area contributed by atoms with Crippen molar-refractivity contribution in [3.63, 3.8) is 0 Å². The monoisotopic (exact) mass is 294 g/mol. The Labute approximate surface area is 123 Å². The van der Waals surface area contributed by atoms with Crippen LogP contribution in [0.25, 0.3) is 0 Å². The molecule has 2 rings (SSSR count). The summed E-state index contributed by atoms with van der Waals surface area (Å²) in [5.41, 5.74) is 0.595. The normalized spacial score (nSPS) is 25.7. The number of carbonyl (C=O) groups is 1. The smallest absolute Gasteiger partial charge is 0.150 e. The molecule has 108 valence electrons.